The highest BCUT2D eigenvalue weighted by Crippen LogP contribution is 2.23. The summed E-state index contributed by atoms with van der Waals surface area (Å²) in [5.41, 5.74) is 4.48. The van der Waals surface area contributed by atoms with Crippen molar-refractivity contribution >= 4 is 15.9 Å². The van der Waals surface area contributed by atoms with Gasteiger partial charge in [-0.3, -0.25) is 4.68 Å². The monoisotopic (exact) mass is 336 g/mol. The van der Waals surface area contributed by atoms with Crippen LogP contribution in [0.3, 0.4) is 0 Å². The maximum atomic E-state index is 10.4. The smallest absolute Gasteiger partial charge is 0.0738 e. The highest BCUT2D eigenvalue weighted by molar-refractivity contribution is 9.10. The normalized spacial score (nSPS) is 12.7. The molecule has 108 valence electrons. The van der Waals surface area contributed by atoms with Crippen molar-refractivity contribution in [3.05, 3.63) is 51.3 Å². The van der Waals surface area contributed by atoms with Gasteiger partial charge in [0.1, 0.15) is 0 Å². The average Bonchev–Trinajstić information content (AvgIpc) is 2.69. The lowest BCUT2D eigenvalue weighted by molar-refractivity contribution is 0.172. The van der Waals surface area contributed by atoms with Crippen LogP contribution in [-0.4, -0.2) is 21.0 Å². The maximum absolute atomic E-state index is 10.4. The van der Waals surface area contributed by atoms with Crippen LogP contribution in [0.5, 0.6) is 0 Å². The Morgan fingerprint density at radius 1 is 1.25 bits per heavy atom. The number of hydrogen-bond donors (Lipinski definition) is 1. The third-order valence-corrected chi connectivity index (χ3v) is 4.63. The number of benzene rings is 1. The Kier molecular flexibility index (Phi) is 5.00. The lowest BCUT2D eigenvalue weighted by Gasteiger charge is -2.14. The Hall–Kier alpha value is -1.13. The van der Waals surface area contributed by atoms with Gasteiger partial charge in [0.05, 0.1) is 22.0 Å². The van der Waals surface area contributed by atoms with Gasteiger partial charge in [-0.25, -0.2) is 0 Å². The van der Waals surface area contributed by atoms with Gasteiger partial charge in [0.25, 0.3) is 0 Å². The molecule has 0 fully saturated rings. The van der Waals surface area contributed by atoms with Crippen LogP contribution in [-0.2, 0) is 19.4 Å². The predicted octanol–water partition coefficient (Wildman–Crippen LogP) is 3.43. The van der Waals surface area contributed by atoms with E-state index in [0.29, 0.717) is 12.8 Å². The molecular weight excluding hydrogens is 316 g/mol. The van der Waals surface area contributed by atoms with Gasteiger partial charge in [0, 0.05) is 13.0 Å². The molecule has 0 aliphatic carbocycles. The molecule has 1 N–H and O–H groups in total. The fourth-order valence-corrected chi connectivity index (χ4v) is 2.90. The summed E-state index contributed by atoms with van der Waals surface area (Å²) in [6.45, 7) is 6.95. The number of aryl methyl sites for hydroxylation is 3. The minimum absolute atomic E-state index is 0.395. The molecule has 0 aliphatic heterocycles. The minimum atomic E-state index is -0.395. The Labute approximate surface area is 128 Å². The molecule has 2 aromatic rings. The molecule has 0 spiro atoms. The molecule has 0 amide bonds. The van der Waals surface area contributed by atoms with E-state index in [-0.39, 0.29) is 0 Å². The second-order valence-electron chi connectivity index (χ2n) is 5.15. The summed E-state index contributed by atoms with van der Waals surface area (Å²) in [6, 6.07) is 8.21. The van der Waals surface area contributed by atoms with Gasteiger partial charge < -0.3 is 5.11 Å². The van der Waals surface area contributed by atoms with Crippen LogP contribution < -0.4 is 0 Å². The van der Waals surface area contributed by atoms with Crippen LogP contribution in [0.25, 0.3) is 0 Å². The van der Waals surface area contributed by atoms with Crippen LogP contribution in [0, 0.1) is 13.8 Å². The van der Waals surface area contributed by atoms with Gasteiger partial charge >= 0.3 is 0 Å². The summed E-state index contributed by atoms with van der Waals surface area (Å²) >= 11 is 3.58. The van der Waals surface area contributed by atoms with Crippen molar-refractivity contribution in [2.45, 2.75) is 46.3 Å². The van der Waals surface area contributed by atoms with Crippen molar-refractivity contribution in [1.29, 1.82) is 0 Å². The lowest BCUT2D eigenvalue weighted by Crippen LogP contribution is -2.17. The van der Waals surface area contributed by atoms with Crippen molar-refractivity contribution < 1.29 is 5.11 Å². The molecule has 2 rings (SSSR count). The molecule has 1 atom stereocenters. The number of rotatable bonds is 5. The first-order chi connectivity index (χ1) is 9.52. The Morgan fingerprint density at radius 2 is 1.95 bits per heavy atom. The Bertz CT molecular complexity index is 592. The molecule has 0 saturated heterocycles. The molecule has 0 aliphatic rings. The number of hydrogen-bond acceptors (Lipinski definition) is 2. The molecule has 1 heterocycles. The zero-order chi connectivity index (χ0) is 14.7. The molecule has 20 heavy (non-hydrogen) atoms. The third kappa shape index (κ3) is 3.30. The SMILES string of the molecule is CCn1nc(C)c(Br)c1CC(O)Cc1ccccc1C. The van der Waals surface area contributed by atoms with E-state index in [1.165, 1.54) is 11.1 Å². The summed E-state index contributed by atoms with van der Waals surface area (Å²) in [5, 5.41) is 14.8. The zero-order valence-corrected chi connectivity index (χ0v) is 13.8. The fraction of sp³-hybridized carbons (Fsp3) is 0.438. The molecule has 0 radical (unpaired) electrons. The average molecular weight is 337 g/mol. The van der Waals surface area contributed by atoms with E-state index < -0.39 is 6.10 Å². The molecule has 4 heteroatoms. The van der Waals surface area contributed by atoms with Crippen LogP contribution in [0.4, 0.5) is 0 Å². The standard InChI is InChI=1S/C16H21BrN2O/c1-4-19-15(16(17)12(3)18-19)10-14(20)9-13-8-6-5-7-11(13)2/h5-8,14,20H,4,9-10H2,1-3H3. The number of aliphatic hydroxyl groups excluding tert-OH is 1. The van der Waals surface area contributed by atoms with Crippen molar-refractivity contribution in [3.63, 3.8) is 0 Å². The van der Waals surface area contributed by atoms with Gasteiger partial charge in [-0.2, -0.15) is 5.10 Å². The third-order valence-electron chi connectivity index (χ3n) is 3.60. The van der Waals surface area contributed by atoms with E-state index in [9.17, 15) is 5.11 Å². The van der Waals surface area contributed by atoms with E-state index in [1.807, 2.05) is 23.7 Å². The van der Waals surface area contributed by atoms with Gasteiger partial charge in [-0.05, 0) is 54.2 Å². The molecule has 3 nitrogen and oxygen atoms in total. The summed E-state index contributed by atoms with van der Waals surface area (Å²) in [4.78, 5) is 0. The lowest BCUT2D eigenvalue weighted by atomic mass is 10.00. The molecule has 1 aromatic heterocycles. The van der Waals surface area contributed by atoms with Crippen molar-refractivity contribution in [2.75, 3.05) is 0 Å². The van der Waals surface area contributed by atoms with Crippen LogP contribution in [0.1, 0.15) is 29.4 Å². The fourth-order valence-electron chi connectivity index (χ4n) is 2.45. The van der Waals surface area contributed by atoms with Crippen LogP contribution in [0.15, 0.2) is 28.7 Å². The number of aliphatic hydroxyl groups is 1. The second kappa shape index (κ2) is 6.55. The summed E-state index contributed by atoms with van der Waals surface area (Å²) in [6.07, 6.45) is 0.894. The predicted molar refractivity (Wildman–Crippen MR) is 84.9 cm³/mol. The Morgan fingerprint density at radius 3 is 2.60 bits per heavy atom. The highest BCUT2D eigenvalue weighted by atomic mass is 79.9. The minimum Gasteiger partial charge on any atom is -0.392 e. The second-order valence-corrected chi connectivity index (χ2v) is 5.94. The topological polar surface area (TPSA) is 38.0 Å². The van der Waals surface area contributed by atoms with E-state index in [2.05, 4.69) is 47.0 Å². The van der Waals surface area contributed by atoms with E-state index >= 15 is 0 Å². The molecule has 1 aromatic carbocycles. The van der Waals surface area contributed by atoms with E-state index in [1.54, 1.807) is 0 Å². The zero-order valence-electron chi connectivity index (χ0n) is 12.2. The van der Waals surface area contributed by atoms with Crippen molar-refractivity contribution in [2.24, 2.45) is 0 Å². The summed E-state index contributed by atoms with van der Waals surface area (Å²) < 4.78 is 2.98. The maximum Gasteiger partial charge on any atom is 0.0738 e. The van der Waals surface area contributed by atoms with Crippen molar-refractivity contribution in [3.8, 4) is 0 Å². The summed E-state index contributed by atoms with van der Waals surface area (Å²) in [5.74, 6) is 0. The van der Waals surface area contributed by atoms with Crippen molar-refractivity contribution in [1.82, 2.24) is 9.78 Å². The molecule has 0 bridgehead atoms. The number of aromatic nitrogens is 2. The van der Waals surface area contributed by atoms with Gasteiger partial charge in [0.15, 0.2) is 0 Å². The summed E-state index contributed by atoms with van der Waals surface area (Å²) in [7, 11) is 0. The van der Waals surface area contributed by atoms with Gasteiger partial charge in [-0.15, -0.1) is 0 Å². The van der Waals surface area contributed by atoms with E-state index in [4.69, 9.17) is 0 Å². The molecule has 0 saturated carbocycles. The largest absolute Gasteiger partial charge is 0.392 e. The highest BCUT2D eigenvalue weighted by Gasteiger charge is 2.16. The quantitative estimate of drug-likeness (QED) is 0.908. The number of nitrogens with zero attached hydrogens (tertiary/aromatic N) is 2. The van der Waals surface area contributed by atoms with E-state index in [0.717, 1.165) is 22.4 Å². The van der Waals surface area contributed by atoms with Crippen LogP contribution >= 0.6 is 15.9 Å². The Balaban J connectivity index is 2.12. The molecular formula is C16H21BrN2O. The first-order valence-electron chi connectivity index (χ1n) is 6.97. The van der Waals surface area contributed by atoms with Crippen LogP contribution in [0.2, 0.25) is 0 Å². The molecule has 1 unspecified atom stereocenters. The van der Waals surface area contributed by atoms with Gasteiger partial charge in [-0.1, -0.05) is 24.3 Å². The first kappa shape index (κ1) is 15.3. The first-order valence-corrected chi connectivity index (χ1v) is 7.76. The number of halogens is 1. The van der Waals surface area contributed by atoms with Gasteiger partial charge in [0.2, 0.25) is 0 Å².